The van der Waals surface area contributed by atoms with Gasteiger partial charge in [-0.05, 0) is 18.9 Å². The molecule has 8 nitrogen and oxygen atoms in total. The molecule has 1 aliphatic rings. The number of hydrogen-bond acceptors (Lipinski definition) is 6. The third-order valence-corrected chi connectivity index (χ3v) is 6.77. The van der Waals surface area contributed by atoms with Crippen LogP contribution in [0.2, 0.25) is 0 Å². The van der Waals surface area contributed by atoms with Gasteiger partial charge in [-0.2, -0.15) is 0 Å². The number of aromatic nitrogens is 1. The molecule has 1 N–H and O–H groups in total. The maximum atomic E-state index is 12.7. The molecule has 1 aliphatic heterocycles. The van der Waals surface area contributed by atoms with Crippen molar-refractivity contribution >= 4 is 32.6 Å². The van der Waals surface area contributed by atoms with Crippen LogP contribution in [0.25, 0.3) is 10.9 Å². The minimum atomic E-state index is -3.14. The SMILES string of the molecule is CCCCN(C(=O)COC(=O)c1cc(=O)[nH]c2ccccc12)C1CCS(=O)(=O)C1. The number of fused-ring (bicyclic) bond motifs is 1. The summed E-state index contributed by atoms with van der Waals surface area (Å²) in [6.45, 7) is 1.90. The second kappa shape index (κ2) is 8.77. The number of nitrogens with one attached hydrogen (secondary N) is 1. The van der Waals surface area contributed by atoms with Crippen molar-refractivity contribution in [3.8, 4) is 0 Å². The van der Waals surface area contributed by atoms with Crippen LogP contribution in [0.4, 0.5) is 0 Å². The van der Waals surface area contributed by atoms with Crippen molar-refractivity contribution in [3.05, 3.63) is 46.2 Å². The van der Waals surface area contributed by atoms with Crippen molar-refractivity contribution in [2.45, 2.75) is 32.2 Å². The summed E-state index contributed by atoms with van der Waals surface area (Å²) in [4.78, 5) is 41.2. The van der Waals surface area contributed by atoms with E-state index in [2.05, 4.69) is 4.98 Å². The van der Waals surface area contributed by atoms with Crippen molar-refractivity contribution in [2.75, 3.05) is 24.7 Å². The molecule has 1 fully saturated rings. The summed E-state index contributed by atoms with van der Waals surface area (Å²) in [5, 5.41) is 0.522. The van der Waals surface area contributed by atoms with Crippen molar-refractivity contribution in [1.82, 2.24) is 9.88 Å². The molecule has 0 aliphatic carbocycles. The number of amides is 1. The summed E-state index contributed by atoms with van der Waals surface area (Å²) < 4.78 is 28.8. The van der Waals surface area contributed by atoms with E-state index >= 15 is 0 Å². The van der Waals surface area contributed by atoms with Gasteiger partial charge in [0, 0.05) is 29.6 Å². The van der Waals surface area contributed by atoms with Crippen LogP contribution in [0.1, 0.15) is 36.5 Å². The number of hydrogen-bond donors (Lipinski definition) is 1. The molecule has 0 radical (unpaired) electrons. The van der Waals surface area contributed by atoms with Gasteiger partial charge >= 0.3 is 5.97 Å². The maximum Gasteiger partial charge on any atom is 0.339 e. The standard InChI is InChI=1S/C20H24N2O6S/c1-2-3-9-22(14-8-10-29(26,27)13-14)19(24)12-28-20(25)16-11-18(23)21-17-7-5-4-6-15(16)17/h4-7,11,14H,2-3,8-10,12-13H2,1H3,(H,21,23). The van der Waals surface area contributed by atoms with Crippen molar-refractivity contribution in [1.29, 1.82) is 0 Å². The number of pyridine rings is 1. The van der Waals surface area contributed by atoms with E-state index < -0.39 is 39.9 Å². The summed E-state index contributed by atoms with van der Waals surface area (Å²) in [7, 11) is -3.14. The highest BCUT2D eigenvalue weighted by molar-refractivity contribution is 7.91. The van der Waals surface area contributed by atoms with Crippen LogP contribution in [-0.2, 0) is 19.4 Å². The number of carbonyl (C=O) groups is 2. The van der Waals surface area contributed by atoms with Crippen LogP contribution >= 0.6 is 0 Å². The molecule has 1 atom stereocenters. The normalized spacial score (nSPS) is 17.9. The van der Waals surface area contributed by atoms with Crippen LogP contribution in [0.15, 0.2) is 35.1 Å². The van der Waals surface area contributed by atoms with Crippen molar-refractivity contribution < 1.29 is 22.7 Å². The first kappa shape index (κ1) is 21.0. The molecule has 0 saturated carbocycles. The second-order valence-corrected chi connectivity index (χ2v) is 9.40. The Morgan fingerprint density at radius 1 is 1.28 bits per heavy atom. The van der Waals surface area contributed by atoms with E-state index in [1.54, 1.807) is 24.3 Å². The first-order valence-electron chi connectivity index (χ1n) is 9.60. The highest BCUT2D eigenvalue weighted by Crippen LogP contribution is 2.19. The lowest BCUT2D eigenvalue weighted by atomic mass is 10.1. The summed E-state index contributed by atoms with van der Waals surface area (Å²) in [6, 6.07) is 7.58. The molecule has 1 aromatic carbocycles. The summed E-state index contributed by atoms with van der Waals surface area (Å²) in [6.07, 6.45) is 1.97. The zero-order chi connectivity index (χ0) is 21.0. The molecule has 1 aromatic heterocycles. The van der Waals surface area contributed by atoms with Crippen LogP contribution in [0.3, 0.4) is 0 Å². The fourth-order valence-electron chi connectivity index (χ4n) is 3.52. The molecule has 2 heterocycles. The zero-order valence-electron chi connectivity index (χ0n) is 16.2. The van der Waals surface area contributed by atoms with Crippen LogP contribution in [0.5, 0.6) is 0 Å². The largest absolute Gasteiger partial charge is 0.452 e. The molecule has 2 aromatic rings. The molecule has 1 unspecified atom stereocenters. The molecule has 1 amide bonds. The van der Waals surface area contributed by atoms with Crippen LogP contribution in [0, 0.1) is 0 Å². The van der Waals surface area contributed by atoms with Gasteiger partial charge in [0.05, 0.1) is 17.1 Å². The third kappa shape index (κ3) is 5.03. The molecule has 1 saturated heterocycles. The van der Waals surface area contributed by atoms with Crippen molar-refractivity contribution in [3.63, 3.8) is 0 Å². The van der Waals surface area contributed by atoms with Gasteiger partial charge < -0.3 is 14.6 Å². The molecule has 29 heavy (non-hydrogen) atoms. The fraction of sp³-hybridized carbons (Fsp3) is 0.450. The van der Waals surface area contributed by atoms with Gasteiger partial charge in [-0.25, -0.2) is 13.2 Å². The van der Waals surface area contributed by atoms with E-state index in [4.69, 9.17) is 4.74 Å². The lowest BCUT2D eigenvalue weighted by Crippen LogP contribution is -2.43. The Morgan fingerprint density at radius 2 is 2.03 bits per heavy atom. The number of esters is 1. The Kier molecular flexibility index (Phi) is 6.36. The molecule has 156 valence electrons. The Bertz CT molecular complexity index is 1080. The number of benzene rings is 1. The van der Waals surface area contributed by atoms with Gasteiger partial charge in [0.1, 0.15) is 0 Å². The Hall–Kier alpha value is -2.68. The van der Waals surface area contributed by atoms with E-state index in [0.717, 1.165) is 18.9 Å². The quantitative estimate of drug-likeness (QED) is 0.679. The van der Waals surface area contributed by atoms with Gasteiger partial charge in [0.15, 0.2) is 16.4 Å². The predicted molar refractivity (Wildman–Crippen MR) is 109 cm³/mol. The first-order valence-corrected chi connectivity index (χ1v) is 11.4. The number of para-hydroxylation sites is 1. The van der Waals surface area contributed by atoms with E-state index in [-0.39, 0.29) is 17.1 Å². The average Bonchev–Trinajstić information content (AvgIpc) is 3.05. The summed E-state index contributed by atoms with van der Waals surface area (Å²) >= 11 is 0. The highest BCUT2D eigenvalue weighted by Gasteiger charge is 2.34. The molecule has 0 bridgehead atoms. The minimum absolute atomic E-state index is 0.0604. The highest BCUT2D eigenvalue weighted by atomic mass is 32.2. The number of unbranched alkanes of at least 4 members (excludes halogenated alkanes) is 1. The van der Waals surface area contributed by atoms with Gasteiger partial charge in [-0.15, -0.1) is 0 Å². The maximum absolute atomic E-state index is 12.7. The van der Waals surface area contributed by atoms with Crippen LogP contribution in [-0.4, -0.2) is 60.9 Å². The Balaban J connectivity index is 1.73. The van der Waals surface area contributed by atoms with E-state index in [1.165, 1.54) is 4.90 Å². The van der Waals surface area contributed by atoms with Gasteiger partial charge in [-0.1, -0.05) is 31.5 Å². The number of rotatable bonds is 7. The number of sulfone groups is 1. The topological polar surface area (TPSA) is 114 Å². The summed E-state index contributed by atoms with van der Waals surface area (Å²) in [5.74, 6) is -1.19. The fourth-order valence-corrected chi connectivity index (χ4v) is 5.25. The molecular weight excluding hydrogens is 396 g/mol. The number of nitrogens with zero attached hydrogens (tertiary/aromatic N) is 1. The minimum Gasteiger partial charge on any atom is -0.452 e. The van der Waals surface area contributed by atoms with Crippen molar-refractivity contribution in [2.24, 2.45) is 0 Å². The Morgan fingerprint density at radius 3 is 2.72 bits per heavy atom. The molecule has 0 spiro atoms. The van der Waals surface area contributed by atoms with E-state index in [9.17, 15) is 22.8 Å². The van der Waals surface area contributed by atoms with E-state index in [0.29, 0.717) is 23.9 Å². The lowest BCUT2D eigenvalue weighted by molar-refractivity contribution is -0.136. The summed E-state index contributed by atoms with van der Waals surface area (Å²) in [5.41, 5.74) is 0.141. The monoisotopic (exact) mass is 420 g/mol. The molecular formula is C20H24N2O6S. The zero-order valence-corrected chi connectivity index (χ0v) is 17.0. The third-order valence-electron chi connectivity index (χ3n) is 5.02. The van der Waals surface area contributed by atoms with Gasteiger partial charge in [-0.3, -0.25) is 9.59 Å². The lowest BCUT2D eigenvalue weighted by Gasteiger charge is -2.28. The first-order chi connectivity index (χ1) is 13.8. The number of H-pyrrole nitrogens is 1. The smallest absolute Gasteiger partial charge is 0.339 e. The van der Waals surface area contributed by atoms with Gasteiger partial charge in [0.25, 0.3) is 5.91 Å². The number of ether oxygens (including phenoxy) is 1. The average molecular weight is 420 g/mol. The number of aromatic amines is 1. The van der Waals surface area contributed by atoms with E-state index in [1.807, 2.05) is 6.92 Å². The van der Waals surface area contributed by atoms with Gasteiger partial charge in [0.2, 0.25) is 5.56 Å². The molecule has 3 rings (SSSR count). The Labute approximate surface area is 168 Å². The van der Waals surface area contributed by atoms with Crippen LogP contribution < -0.4 is 5.56 Å². The number of carbonyl (C=O) groups excluding carboxylic acids is 2. The predicted octanol–water partition coefficient (Wildman–Crippen LogP) is 1.50. The second-order valence-electron chi connectivity index (χ2n) is 7.17. The molecule has 9 heteroatoms.